The smallest absolute Gasteiger partial charge is 0.376 e. The Labute approximate surface area is 87.5 Å². The molecule has 0 aromatic carbocycles. The van der Waals surface area contributed by atoms with Crippen molar-refractivity contribution in [3.8, 4) is 0 Å². The predicted molar refractivity (Wildman–Crippen MR) is 57.4 cm³/mol. The lowest BCUT2D eigenvalue weighted by molar-refractivity contribution is 0.0739. The molecule has 0 fully saturated rings. The van der Waals surface area contributed by atoms with E-state index in [9.17, 15) is 0 Å². The van der Waals surface area contributed by atoms with Gasteiger partial charge in [-0.15, -0.1) is 0 Å². The number of nitrogens with zero attached hydrogens (tertiary/aromatic N) is 1. The van der Waals surface area contributed by atoms with Gasteiger partial charge in [-0.2, -0.15) is 0 Å². The second kappa shape index (κ2) is 6.49. The van der Waals surface area contributed by atoms with E-state index in [4.69, 9.17) is 19.1 Å². The Hall–Kier alpha value is 0.0169. The molecule has 5 nitrogen and oxygen atoms in total. The van der Waals surface area contributed by atoms with E-state index in [1.54, 1.807) is 26.3 Å². The first-order chi connectivity index (χ1) is 6.61. The van der Waals surface area contributed by atoms with Crippen LogP contribution in [0.5, 0.6) is 0 Å². The molecule has 86 valence electrons. The van der Waals surface area contributed by atoms with Gasteiger partial charge < -0.3 is 13.3 Å². The van der Waals surface area contributed by atoms with Crippen LogP contribution in [-0.2, 0) is 13.3 Å². The molecule has 0 aliphatic heterocycles. The van der Waals surface area contributed by atoms with Crippen molar-refractivity contribution in [3.05, 3.63) is 0 Å². The molecule has 0 amide bonds. The molecule has 6 heteroatoms. The van der Waals surface area contributed by atoms with Crippen LogP contribution < -0.4 is 5.84 Å². The monoisotopic (exact) mass is 222 g/mol. The third-order valence-corrected chi connectivity index (χ3v) is 5.68. The standard InChI is InChI=1S/C8H22N2O3Si/c1-6-8(10(9)7-2)14(11-3,12-4)13-5/h8H,6-7,9H2,1-5H3. The van der Waals surface area contributed by atoms with Crippen molar-refractivity contribution in [2.24, 2.45) is 5.84 Å². The maximum absolute atomic E-state index is 5.87. The minimum Gasteiger partial charge on any atom is -0.376 e. The van der Waals surface area contributed by atoms with Crippen molar-refractivity contribution in [1.82, 2.24) is 5.01 Å². The van der Waals surface area contributed by atoms with Gasteiger partial charge in [-0.25, -0.2) is 5.01 Å². The highest BCUT2D eigenvalue weighted by molar-refractivity contribution is 6.62. The molecule has 0 spiro atoms. The van der Waals surface area contributed by atoms with Gasteiger partial charge in [-0.3, -0.25) is 5.84 Å². The van der Waals surface area contributed by atoms with Gasteiger partial charge in [0.2, 0.25) is 0 Å². The normalized spacial score (nSPS) is 14.8. The van der Waals surface area contributed by atoms with Gasteiger partial charge in [0.15, 0.2) is 0 Å². The van der Waals surface area contributed by atoms with Crippen molar-refractivity contribution in [3.63, 3.8) is 0 Å². The minimum atomic E-state index is -2.63. The zero-order chi connectivity index (χ0) is 11.2. The number of hydrogen-bond donors (Lipinski definition) is 1. The van der Waals surface area contributed by atoms with Gasteiger partial charge in [-0.1, -0.05) is 13.8 Å². The lowest BCUT2D eigenvalue weighted by Gasteiger charge is -2.36. The summed E-state index contributed by atoms with van der Waals surface area (Å²) in [6.07, 6.45) is 0.839. The fourth-order valence-electron chi connectivity index (χ4n) is 1.57. The molecule has 2 N–H and O–H groups in total. The molecule has 0 saturated carbocycles. The molecule has 0 aromatic rings. The van der Waals surface area contributed by atoms with Crippen LogP contribution in [0.1, 0.15) is 20.3 Å². The fourth-order valence-corrected chi connectivity index (χ4v) is 3.97. The van der Waals surface area contributed by atoms with E-state index >= 15 is 0 Å². The predicted octanol–water partition coefficient (Wildman–Crippen LogP) is 0.378. The van der Waals surface area contributed by atoms with Crippen LogP contribution >= 0.6 is 0 Å². The average molecular weight is 222 g/mol. The van der Waals surface area contributed by atoms with Crippen molar-refractivity contribution < 1.29 is 13.3 Å². The Morgan fingerprint density at radius 1 is 1.14 bits per heavy atom. The van der Waals surface area contributed by atoms with Crippen molar-refractivity contribution in [2.45, 2.75) is 25.9 Å². The Morgan fingerprint density at radius 3 is 1.79 bits per heavy atom. The molecule has 0 aliphatic rings. The van der Waals surface area contributed by atoms with Gasteiger partial charge in [0.25, 0.3) is 0 Å². The zero-order valence-electron chi connectivity index (χ0n) is 9.74. The molecule has 0 aliphatic carbocycles. The molecule has 1 atom stereocenters. The molecule has 1 unspecified atom stereocenters. The molecule has 14 heavy (non-hydrogen) atoms. The highest BCUT2D eigenvalue weighted by Crippen LogP contribution is 2.18. The van der Waals surface area contributed by atoms with Crippen LogP contribution in [-0.4, -0.2) is 47.4 Å². The van der Waals surface area contributed by atoms with Gasteiger partial charge in [0.05, 0.1) is 5.67 Å². The fraction of sp³-hybridized carbons (Fsp3) is 1.00. The van der Waals surface area contributed by atoms with Crippen LogP contribution in [0.3, 0.4) is 0 Å². The number of hydrogen-bond acceptors (Lipinski definition) is 5. The van der Waals surface area contributed by atoms with E-state index in [0.29, 0.717) is 0 Å². The maximum Gasteiger partial charge on any atom is 0.519 e. The van der Waals surface area contributed by atoms with Crippen LogP contribution in [0.15, 0.2) is 0 Å². The molecule has 0 bridgehead atoms. The lowest BCUT2D eigenvalue weighted by Crippen LogP contribution is -2.63. The third-order valence-electron chi connectivity index (χ3n) is 2.41. The summed E-state index contributed by atoms with van der Waals surface area (Å²) in [5.41, 5.74) is 0.00694. The van der Waals surface area contributed by atoms with E-state index in [1.165, 1.54) is 0 Å². The Morgan fingerprint density at radius 2 is 1.57 bits per heavy atom. The lowest BCUT2D eigenvalue weighted by atomic mass is 10.4. The van der Waals surface area contributed by atoms with Crippen LogP contribution in [0.25, 0.3) is 0 Å². The Bertz CT molecular complexity index is 147. The van der Waals surface area contributed by atoms with E-state index in [2.05, 4.69) is 0 Å². The van der Waals surface area contributed by atoms with E-state index in [-0.39, 0.29) is 5.67 Å². The molecular formula is C8H22N2O3Si. The molecule has 0 radical (unpaired) electrons. The zero-order valence-corrected chi connectivity index (χ0v) is 10.7. The summed E-state index contributed by atoms with van der Waals surface area (Å²) < 4.78 is 16.2. The van der Waals surface area contributed by atoms with E-state index < -0.39 is 8.80 Å². The number of rotatable bonds is 7. The summed E-state index contributed by atoms with van der Waals surface area (Å²) in [5.74, 6) is 5.87. The van der Waals surface area contributed by atoms with Gasteiger partial charge in [-0.05, 0) is 6.42 Å². The van der Waals surface area contributed by atoms with Crippen molar-refractivity contribution in [1.29, 1.82) is 0 Å². The Kier molecular flexibility index (Phi) is 6.50. The molecular weight excluding hydrogens is 200 g/mol. The number of hydrazine groups is 1. The van der Waals surface area contributed by atoms with Crippen molar-refractivity contribution >= 4 is 8.80 Å². The topological polar surface area (TPSA) is 57.0 Å². The molecule has 0 aromatic heterocycles. The SMILES string of the molecule is CCC(N(N)CC)[Si](OC)(OC)OC. The summed E-state index contributed by atoms with van der Waals surface area (Å²) in [6, 6.07) is 0. The summed E-state index contributed by atoms with van der Waals surface area (Å²) >= 11 is 0. The third kappa shape index (κ3) is 2.75. The molecule has 0 heterocycles. The second-order valence-corrected chi connectivity index (χ2v) is 6.07. The summed E-state index contributed by atoms with van der Waals surface area (Å²) in [7, 11) is 2.18. The molecule has 0 rings (SSSR count). The minimum absolute atomic E-state index is 0.00694. The van der Waals surface area contributed by atoms with Gasteiger partial charge >= 0.3 is 8.80 Å². The first-order valence-corrected chi connectivity index (χ1v) is 6.58. The van der Waals surface area contributed by atoms with E-state index in [0.717, 1.165) is 13.0 Å². The van der Waals surface area contributed by atoms with Gasteiger partial charge in [0.1, 0.15) is 0 Å². The summed E-state index contributed by atoms with van der Waals surface area (Å²) in [6.45, 7) is 4.77. The molecule has 0 saturated heterocycles. The summed E-state index contributed by atoms with van der Waals surface area (Å²) in [5, 5.41) is 1.71. The summed E-state index contributed by atoms with van der Waals surface area (Å²) in [4.78, 5) is 0. The van der Waals surface area contributed by atoms with E-state index in [1.807, 2.05) is 13.8 Å². The largest absolute Gasteiger partial charge is 0.519 e. The van der Waals surface area contributed by atoms with Crippen LogP contribution in [0.2, 0.25) is 0 Å². The second-order valence-electron chi connectivity index (χ2n) is 2.97. The first-order valence-electron chi connectivity index (χ1n) is 4.78. The van der Waals surface area contributed by atoms with Crippen LogP contribution in [0, 0.1) is 0 Å². The first kappa shape index (κ1) is 14.0. The van der Waals surface area contributed by atoms with Crippen molar-refractivity contribution in [2.75, 3.05) is 27.9 Å². The quantitative estimate of drug-likeness (QED) is 0.383. The Balaban J connectivity index is 4.73. The average Bonchev–Trinajstić information content (AvgIpc) is 2.25. The van der Waals surface area contributed by atoms with Crippen LogP contribution in [0.4, 0.5) is 0 Å². The van der Waals surface area contributed by atoms with Gasteiger partial charge in [0, 0.05) is 27.9 Å². The highest BCUT2D eigenvalue weighted by Gasteiger charge is 2.48. The number of nitrogens with two attached hydrogens (primary N) is 1. The maximum atomic E-state index is 5.87. The highest BCUT2D eigenvalue weighted by atomic mass is 28.4.